The molecule has 2 heterocycles. The quantitative estimate of drug-likeness (QED) is 0.824. The summed E-state index contributed by atoms with van der Waals surface area (Å²) in [7, 11) is -3.36. The van der Waals surface area contributed by atoms with E-state index in [1.54, 1.807) is 25.1 Å². The number of ether oxygens (including phenoxy) is 1. The van der Waals surface area contributed by atoms with Gasteiger partial charge in [-0.1, -0.05) is 0 Å². The molecule has 138 valence electrons. The van der Waals surface area contributed by atoms with Gasteiger partial charge in [-0.25, -0.2) is 13.4 Å². The Balaban J connectivity index is 1.92. The lowest BCUT2D eigenvalue weighted by atomic mass is 10.0. The minimum Gasteiger partial charge on any atom is -0.455 e. The van der Waals surface area contributed by atoms with Crippen molar-refractivity contribution in [2.45, 2.75) is 30.8 Å². The number of aromatic nitrogens is 1. The summed E-state index contributed by atoms with van der Waals surface area (Å²) < 4.78 is 28.9. The molecule has 0 saturated carbocycles. The van der Waals surface area contributed by atoms with Crippen LogP contribution in [-0.4, -0.2) is 37.0 Å². The zero-order valence-corrected chi connectivity index (χ0v) is 15.5. The average molecular weight is 375 g/mol. The first-order valence-electron chi connectivity index (χ1n) is 8.26. The highest BCUT2D eigenvalue weighted by molar-refractivity contribution is 7.90. The lowest BCUT2D eigenvalue weighted by Crippen LogP contribution is -2.28. The second-order valence-corrected chi connectivity index (χ2v) is 8.34. The Kier molecular flexibility index (Phi) is 4.86. The van der Waals surface area contributed by atoms with Crippen LogP contribution < -0.4 is 10.5 Å². The van der Waals surface area contributed by atoms with Gasteiger partial charge in [0, 0.05) is 31.0 Å². The van der Waals surface area contributed by atoms with Gasteiger partial charge in [0.1, 0.15) is 11.5 Å². The Morgan fingerprint density at radius 3 is 2.69 bits per heavy atom. The summed E-state index contributed by atoms with van der Waals surface area (Å²) in [6.45, 7) is 2.26. The van der Waals surface area contributed by atoms with Crippen LogP contribution in [0.1, 0.15) is 31.4 Å². The summed E-state index contributed by atoms with van der Waals surface area (Å²) in [5, 5.41) is -0.0130. The fraction of sp³-hybridized carbons (Fsp3) is 0.333. The van der Waals surface area contributed by atoms with Crippen LogP contribution in [-0.2, 0) is 14.6 Å². The zero-order valence-electron chi connectivity index (χ0n) is 14.7. The summed E-state index contributed by atoms with van der Waals surface area (Å²) in [4.78, 5) is 17.6. The third-order valence-electron chi connectivity index (χ3n) is 4.37. The number of nitrogens with two attached hydrogens (primary N) is 1. The fourth-order valence-electron chi connectivity index (χ4n) is 3.16. The lowest BCUT2D eigenvalue weighted by molar-refractivity contribution is -0.129. The molecule has 7 nitrogen and oxygen atoms in total. The van der Waals surface area contributed by atoms with E-state index in [4.69, 9.17) is 10.5 Å². The average Bonchev–Trinajstić information content (AvgIpc) is 3.06. The number of carbonyl (C=O) groups is 1. The van der Waals surface area contributed by atoms with Crippen LogP contribution in [0.5, 0.6) is 11.5 Å². The largest absolute Gasteiger partial charge is 0.455 e. The topological polar surface area (TPSA) is 103 Å². The van der Waals surface area contributed by atoms with Crippen molar-refractivity contribution in [3.8, 4) is 11.5 Å². The van der Waals surface area contributed by atoms with Crippen molar-refractivity contribution in [3.05, 3.63) is 42.1 Å². The summed E-state index contributed by atoms with van der Waals surface area (Å²) >= 11 is 0. The van der Waals surface area contributed by atoms with Crippen molar-refractivity contribution >= 4 is 21.4 Å². The Hall–Kier alpha value is -2.61. The van der Waals surface area contributed by atoms with Gasteiger partial charge < -0.3 is 15.4 Å². The standard InChI is InChI=1S/C18H21N3O4S/c1-12(22)21-9-3-4-16(21)15-10-13(19)5-7-17(15)25-14-6-8-18(20-11-14)26(2,23)24/h5-8,10-11,16H,3-4,9,19H2,1-2H3. The van der Waals surface area contributed by atoms with Gasteiger partial charge in [0.15, 0.2) is 14.9 Å². The van der Waals surface area contributed by atoms with E-state index >= 15 is 0 Å². The van der Waals surface area contributed by atoms with Gasteiger partial charge in [0.2, 0.25) is 5.91 Å². The molecule has 1 fully saturated rings. The lowest BCUT2D eigenvalue weighted by Gasteiger charge is -2.25. The van der Waals surface area contributed by atoms with E-state index in [9.17, 15) is 13.2 Å². The number of anilines is 1. The van der Waals surface area contributed by atoms with E-state index < -0.39 is 9.84 Å². The molecule has 1 aliphatic heterocycles. The summed E-state index contributed by atoms with van der Waals surface area (Å²) in [6, 6.07) is 8.17. The number of nitrogens with zero attached hydrogens (tertiary/aromatic N) is 2. The first kappa shape index (κ1) is 18.2. The molecule has 1 aromatic heterocycles. The van der Waals surface area contributed by atoms with Crippen LogP contribution in [0.2, 0.25) is 0 Å². The summed E-state index contributed by atoms with van der Waals surface area (Å²) in [5.74, 6) is 1.00. The van der Waals surface area contributed by atoms with E-state index in [0.717, 1.165) is 24.7 Å². The maximum atomic E-state index is 11.9. The van der Waals surface area contributed by atoms with Gasteiger partial charge in [-0.2, -0.15) is 0 Å². The molecule has 1 aliphatic rings. The molecule has 1 amide bonds. The van der Waals surface area contributed by atoms with Crippen LogP contribution in [0.4, 0.5) is 5.69 Å². The van der Waals surface area contributed by atoms with E-state index in [-0.39, 0.29) is 17.0 Å². The van der Waals surface area contributed by atoms with Crippen LogP contribution in [0, 0.1) is 0 Å². The van der Waals surface area contributed by atoms with Gasteiger partial charge in [0.05, 0.1) is 12.2 Å². The third-order valence-corrected chi connectivity index (χ3v) is 5.37. The van der Waals surface area contributed by atoms with Gasteiger partial charge in [-0.05, 0) is 43.2 Å². The molecule has 0 spiro atoms. The number of likely N-dealkylation sites (tertiary alicyclic amines) is 1. The summed E-state index contributed by atoms with van der Waals surface area (Å²) in [5.41, 5.74) is 7.37. The Labute approximate surface area is 152 Å². The molecule has 1 unspecified atom stereocenters. The van der Waals surface area contributed by atoms with Crippen molar-refractivity contribution in [1.29, 1.82) is 0 Å². The highest BCUT2D eigenvalue weighted by Crippen LogP contribution is 2.39. The minimum absolute atomic E-state index is 0.0130. The van der Waals surface area contributed by atoms with Gasteiger partial charge >= 0.3 is 0 Å². The number of rotatable bonds is 4. The Bertz CT molecular complexity index is 926. The Morgan fingerprint density at radius 1 is 1.31 bits per heavy atom. The molecule has 1 atom stereocenters. The predicted octanol–water partition coefficient (Wildman–Crippen LogP) is 2.54. The molecule has 8 heteroatoms. The molecule has 0 radical (unpaired) electrons. The first-order valence-corrected chi connectivity index (χ1v) is 10.2. The molecule has 1 aromatic carbocycles. The fourth-order valence-corrected chi connectivity index (χ4v) is 3.72. The van der Waals surface area contributed by atoms with Crippen molar-refractivity contribution in [2.24, 2.45) is 0 Å². The molecular weight excluding hydrogens is 354 g/mol. The van der Waals surface area contributed by atoms with Crippen molar-refractivity contribution in [1.82, 2.24) is 9.88 Å². The molecule has 0 aliphatic carbocycles. The molecule has 1 saturated heterocycles. The molecular formula is C18H21N3O4S. The molecule has 2 aromatic rings. The number of hydrogen-bond donors (Lipinski definition) is 1. The van der Waals surface area contributed by atoms with Crippen LogP contribution in [0.25, 0.3) is 0 Å². The van der Waals surface area contributed by atoms with Crippen molar-refractivity contribution in [2.75, 3.05) is 18.5 Å². The highest BCUT2D eigenvalue weighted by atomic mass is 32.2. The number of pyridine rings is 1. The van der Waals surface area contributed by atoms with Gasteiger partial charge in [-0.15, -0.1) is 0 Å². The molecule has 26 heavy (non-hydrogen) atoms. The van der Waals surface area contributed by atoms with Crippen LogP contribution >= 0.6 is 0 Å². The maximum Gasteiger partial charge on any atom is 0.219 e. The number of sulfone groups is 1. The number of benzene rings is 1. The Morgan fingerprint density at radius 2 is 2.08 bits per heavy atom. The maximum absolute atomic E-state index is 11.9. The van der Waals surface area contributed by atoms with E-state index in [2.05, 4.69) is 4.98 Å². The van der Waals surface area contributed by atoms with Gasteiger partial charge in [-0.3, -0.25) is 4.79 Å². The number of nitrogen functional groups attached to an aromatic ring is 1. The first-order chi connectivity index (χ1) is 12.3. The smallest absolute Gasteiger partial charge is 0.219 e. The second kappa shape index (κ2) is 6.95. The van der Waals surface area contributed by atoms with E-state index in [1.165, 1.54) is 12.3 Å². The number of hydrogen-bond acceptors (Lipinski definition) is 6. The molecule has 2 N–H and O–H groups in total. The SMILES string of the molecule is CC(=O)N1CCCC1c1cc(N)ccc1Oc1ccc(S(C)(=O)=O)nc1. The van der Waals surface area contributed by atoms with Crippen LogP contribution in [0.15, 0.2) is 41.6 Å². The predicted molar refractivity (Wildman–Crippen MR) is 97.6 cm³/mol. The minimum atomic E-state index is -3.36. The van der Waals surface area contributed by atoms with E-state index in [1.807, 2.05) is 11.0 Å². The monoisotopic (exact) mass is 375 g/mol. The molecule has 3 rings (SSSR count). The number of carbonyl (C=O) groups excluding carboxylic acids is 1. The van der Waals surface area contributed by atoms with Crippen molar-refractivity contribution in [3.63, 3.8) is 0 Å². The van der Waals surface area contributed by atoms with E-state index in [0.29, 0.717) is 23.7 Å². The second-order valence-electron chi connectivity index (χ2n) is 6.37. The highest BCUT2D eigenvalue weighted by Gasteiger charge is 2.30. The summed E-state index contributed by atoms with van der Waals surface area (Å²) in [6.07, 6.45) is 4.23. The van der Waals surface area contributed by atoms with Gasteiger partial charge in [0.25, 0.3) is 0 Å². The third kappa shape index (κ3) is 3.80. The van der Waals surface area contributed by atoms with Crippen LogP contribution in [0.3, 0.4) is 0 Å². The zero-order chi connectivity index (χ0) is 18.9. The number of amides is 1. The molecule has 0 bridgehead atoms. The normalized spacial score (nSPS) is 17.3. The van der Waals surface area contributed by atoms with Crippen molar-refractivity contribution < 1.29 is 17.9 Å².